The van der Waals surface area contributed by atoms with Gasteiger partial charge in [0.15, 0.2) is 6.61 Å². The largest absolute Gasteiger partial charge is 0.484 e. The lowest BCUT2D eigenvalue weighted by molar-refractivity contribution is -0.123. The fourth-order valence-electron chi connectivity index (χ4n) is 2.50. The molecule has 0 radical (unpaired) electrons. The smallest absolute Gasteiger partial charge is 0.343 e. The molecule has 0 saturated carbocycles. The molecule has 0 heterocycles. The van der Waals surface area contributed by atoms with Gasteiger partial charge in [-0.3, -0.25) is 4.79 Å². The molecule has 0 spiro atoms. The highest BCUT2D eigenvalue weighted by molar-refractivity contribution is 6.30. The molecule has 0 aliphatic carbocycles. The summed E-state index contributed by atoms with van der Waals surface area (Å²) in [7, 11) is 0. The van der Waals surface area contributed by atoms with Crippen LogP contribution >= 0.6 is 11.6 Å². The van der Waals surface area contributed by atoms with Crippen LogP contribution in [0, 0.1) is 6.92 Å². The van der Waals surface area contributed by atoms with E-state index in [1.54, 1.807) is 60.7 Å². The number of nitrogens with zero attached hydrogens (tertiary/aromatic N) is 1. The van der Waals surface area contributed by atoms with E-state index in [-0.39, 0.29) is 6.61 Å². The molecule has 3 aromatic carbocycles. The summed E-state index contributed by atoms with van der Waals surface area (Å²) in [6, 6.07) is 20.7. The van der Waals surface area contributed by atoms with E-state index in [0.29, 0.717) is 22.1 Å². The normalized spacial score (nSPS) is 10.6. The van der Waals surface area contributed by atoms with Crippen LogP contribution in [-0.2, 0) is 4.79 Å². The second-order valence-electron chi connectivity index (χ2n) is 6.31. The number of halogens is 1. The molecule has 0 saturated heterocycles. The molecule has 3 aromatic rings. The quantitative estimate of drug-likeness (QED) is 0.265. The number of amides is 1. The molecule has 0 unspecified atom stereocenters. The molecular weight excluding hydrogens is 404 g/mol. The average Bonchev–Trinajstić information content (AvgIpc) is 2.74. The van der Waals surface area contributed by atoms with E-state index in [9.17, 15) is 9.59 Å². The molecule has 0 fully saturated rings. The molecule has 0 aliphatic rings. The van der Waals surface area contributed by atoms with Crippen molar-refractivity contribution in [2.75, 3.05) is 6.61 Å². The van der Waals surface area contributed by atoms with Crippen LogP contribution in [0.2, 0.25) is 5.02 Å². The van der Waals surface area contributed by atoms with Crippen molar-refractivity contribution in [1.29, 1.82) is 0 Å². The second-order valence-corrected chi connectivity index (χ2v) is 6.75. The molecule has 0 aromatic heterocycles. The Labute approximate surface area is 179 Å². The van der Waals surface area contributed by atoms with Gasteiger partial charge in [-0.2, -0.15) is 5.10 Å². The fraction of sp³-hybridized carbons (Fsp3) is 0.0870. The zero-order valence-electron chi connectivity index (χ0n) is 16.2. The van der Waals surface area contributed by atoms with Gasteiger partial charge in [0.05, 0.1) is 11.8 Å². The van der Waals surface area contributed by atoms with Crippen molar-refractivity contribution < 1.29 is 19.1 Å². The number of hydrazone groups is 1. The maximum Gasteiger partial charge on any atom is 0.343 e. The lowest BCUT2D eigenvalue weighted by atomic mass is 10.1. The Hall–Kier alpha value is -3.64. The standard InChI is InChI=1S/C23H19ClN2O4/c1-16-5-2-3-8-21(16)23(28)30-19-11-9-17(10-12-19)14-25-26-22(27)15-29-20-7-4-6-18(24)13-20/h2-14H,15H2,1H3,(H,26,27). The van der Waals surface area contributed by atoms with Crippen molar-refractivity contribution in [3.8, 4) is 11.5 Å². The number of rotatable bonds is 7. The van der Waals surface area contributed by atoms with Gasteiger partial charge in [-0.25, -0.2) is 10.2 Å². The van der Waals surface area contributed by atoms with E-state index < -0.39 is 11.9 Å². The Morgan fingerprint density at radius 3 is 2.50 bits per heavy atom. The maximum atomic E-state index is 12.2. The van der Waals surface area contributed by atoms with Gasteiger partial charge in [-0.05, 0) is 66.6 Å². The molecule has 7 heteroatoms. The zero-order valence-corrected chi connectivity index (χ0v) is 16.9. The van der Waals surface area contributed by atoms with Crippen molar-refractivity contribution in [1.82, 2.24) is 5.43 Å². The highest BCUT2D eigenvalue weighted by Crippen LogP contribution is 2.17. The van der Waals surface area contributed by atoms with Gasteiger partial charge in [0.2, 0.25) is 0 Å². The lowest BCUT2D eigenvalue weighted by Crippen LogP contribution is -2.24. The zero-order chi connectivity index (χ0) is 21.3. The Bertz CT molecular complexity index is 1060. The minimum absolute atomic E-state index is 0.189. The van der Waals surface area contributed by atoms with E-state index in [2.05, 4.69) is 10.5 Å². The first-order valence-electron chi connectivity index (χ1n) is 9.09. The number of hydrogen-bond acceptors (Lipinski definition) is 5. The van der Waals surface area contributed by atoms with Crippen molar-refractivity contribution in [2.45, 2.75) is 6.92 Å². The van der Waals surface area contributed by atoms with Crippen LogP contribution < -0.4 is 14.9 Å². The fourth-order valence-corrected chi connectivity index (χ4v) is 2.68. The van der Waals surface area contributed by atoms with Crippen LogP contribution in [0.5, 0.6) is 11.5 Å². The molecule has 0 bridgehead atoms. The molecule has 0 aliphatic heterocycles. The monoisotopic (exact) mass is 422 g/mol. The van der Waals surface area contributed by atoms with E-state index in [0.717, 1.165) is 11.1 Å². The molecule has 152 valence electrons. The summed E-state index contributed by atoms with van der Waals surface area (Å²) >= 11 is 5.86. The number of benzene rings is 3. The van der Waals surface area contributed by atoms with Crippen LogP contribution in [0.25, 0.3) is 0 Å². The van der Waals surface area contributed by atoms with Gasteiger partial charge in [0.25, 0.3) is 5.91 Å². The second kappa shape index (κ2) is 10.2. The van der Waals surface area contributed by atoms with E-state index >= 15 is 0 Å². The summed E-state index contributed by atoms with van der Waals surface area (Å²) < 4.78 is 10.7. The molecule has 1 N–H and O–H groups in total. The van der Waals surface area contributed by atoms with Gasteiger partial charge < -0.3 is 9.47 Å². The van der Waals surface area contributed by atoms with E-state index in [1.165, 1.54) is 6.21 Å². The van der Waals surface area contributed by atoms with Crippen LogP contribution in [0.4, 0.5) is 0 Å². The van der Waals surface area contributed by atoms with Gasteiger partial charge in [0, 0.05) is 5.02 Å². The molecular formula is C23H19ClN2O4. The van der Waals surface area contributed by atoms with Crippen molar-refractivity contribution in [3.63, 3.8) is 0 Å². The van der Waals surface area contributed by atoms with E-state index in [1.807, 2.05) is 19.1 Å². The number of aryl methyl sites for hydroxylation is 1. The summed E-state index contributed by atoms with van der Waals surface area (Å²) in [5.74, 6) is 0.0910. The SMILES string of the molecule is Cc1ccccc1C(=O)Oc1ccc(C=NNC(=O)COc2cccc(Cl)c2)cc1. The number of esters is 1. The average molecular weight is 423 g/mol. The third-order valence-corrected chi connectivity index (χ3v) is 4.26. The van der Waals surface area contributed by atoms with Crippen LogP contribution in [-0.4, -0.2) is 24.7 Å². The maximum absolute atomic E-state index is 12.2. The minimum Gasteiger partial charge on any atom is -0.484 e. The number of carbonyl (C=O) groups is 2. The summed E-state index contributed by atoms with van der Waals surface area (Å²) in [6.07, 6.45) is 1.48. The molecule has 30 heavy (non-hydrogen) atoms. The highest BCUT2D eigenvalue weighted by Gasteiger charge is 2.10. The van der Waals surface area contributed by atoms with Crippen molar-refractivity contribution in [3.05, 3.63) is 94.5 Å². The van der Waals surface area contributed by atoms with Crippen LogP contribution in [0.3, 0.4) is 0 Å². The number of carbonyl (C=O) groups excluding carboxylic acids is 2. The third kappa shape index (κ3) is 6.18. The van der Waals surface area contributed by atoms with Gasteiger partial charge in [-0.15, -0.1) is 0 Å². The van der Waals surface area contributed by atoms with Gasteiger partial charge in [0.1, 0.15) is 11.5 Å². The van der Waals surface area contributed by atoms with E-state index in [4.69, 9.17) is 21.1 Å². The Kier molecular flexibility index (Phi) is 7.19. The molecule has 6 nitrogen and oxygen atoms in total. The Morgan fingerprint density at radius 1 is 1.00 bits per heavy atom. The summed E-state index contributed by atoms with van der Waals surface area (Å²) in [5.41, 5.74) is 4.47. The first kappa shape index (κ1) is 21.1. The number of nitrogens with one attached hydrogen (secondary N) is 1. The summed E-state index contributed by atoms with van der Waals surface area (Å²) in [5, 5.41) is 4.41. The summed E-state index contributed by atoms with van der Waals surface area (Å²) in [6.45, 7) is 1.66. The van der Waals surface area contributed by atoms with Crippen LogP contribution in [0.1, 0.15) is 21.5 Å². The number of hydrogen-bond donors (Lipinski definition) is 1. The minimum atomic E-state index is -0.415. The molecule has 3 rings (SSSR count). The predicted molar refractivity (Wildman–Crippen MR) is 115 cm³/mol. The first-order valence-corrected chi connectivity index (χ1v) is 9.47. The Morgan fingerprint density at radius 2 is 1.77 bits per heavy atom. The van der Waals surface area contributed by atoms with Gasteiger partial charge >= 0.3 is 5.97 Å². The molecule has 0 atom stereocenters. The highest BCUT2D eigenvalue weighted by atomic mass is 35.5. The third-order valence-electron chi connectivity index (χ3n) is 4.02. The number of ether oxygens (including phenoxy) is 2. The Balaban J connectivity index is 1.48. The van der Waals surface area contributed by atoms with Gasteiger partial charge in [-0.1, -0.05) is 35.9 Å². The predicted octanol–water partition coefficient (Wildman–Crippen LogP) is 4.40. The van der Waals surface area contributed by atoms with Crippen molar-refractivity contribution >= 4 is 29.7 Å². The topological polar surface area (TPSA) is 77.0 Å². The summed E-state index contributed by atoms with van der Waals surface area (Å²) in [4.78, 5) is 24.0. The van der Waals surface area contributed by atoms with Crippen LogP contribution in [0.15, 0.2) is 77.9 Å². The lowest BCUT2D eigenvalue weighted by Gasteiger charge is -2.06. The first-order chi connectivity index (χ1) is 14.5. The van der Waals surface area contributed by atoms with Crippen molar-refractivity contribution in [2.24, 2.45) is 5.10 Å². The molecule has 1 amide bonds.